The van der Waals surface area contributed by atoms with E-state index >= 15 is 0 Å². The van der Waals surface area contributed by atoms with Gasteiger partial charge in [0.25, 0.3) is 0 Å². The Morgan fingerprint density at radius 3 is 2.69 bits per heavy atom. The Morgan fingerprint density at radius 1 is 0.938 bits per heavy atom. The zero-order valence-corrected chi connectivity index (χ0v) is 19.1. The number of hydrogen-bond donors (Lipinski definition) is 0. The van der Waals surface area contributed by atoms with E-state index in [2.05, 4.69) is 74.5 Å². The minimum atomic E-state index is -0.320. The third-order valence-electron chi connectivity index (χ3n) is 6.18. The molecule has 1 atom stereocenters. The smallest absolute Gasteiger partial charge is 0.0886 e. The molecule has 1 aromatic heterocycles. The van der Waals surface area contributed by atoms with Gasteiger partial charge >= 0.3 is 0 Å². The molecule has 0 aliphatic carbocycles. The molecule has 5 rings (SSSR count). The molecule has 0 N–H and O–H groups in total. The monoisotopic (exact) mass is 439 g/mol. The molecule has 0 amide bonds. The van der Waals surface area contributed by atoms with E-state index in [0.29, 0.717) is 5.02 Å². The minimum Gasteiger partial charge on any atom is -0.363 e. The zero-order chi connectivity index (χ0) is 22.1. The molecule has 4 aromatic rings. The maximum atomic E-state index is 6.64. The van der Waals surface area contributed by atoms with Crippen molar-refractivity contribution in [3.05, 3.63) is 112 Å². The van der Waals surface area contributed by atoms with Crippen molar-refractivity contribution < 1.29 is 4.74 Å². The number of benzene rings is 3. The number of aromatic nitrogens is 1. The minimum absolute atomic E-state index is 0.0617. The summed E-state index contributed by atoms with van der Waals surface area (Å²) in [7, 11) is 0. The van der Waals surface area contributed by atoms with E-state index in [4.69, 9.17) is 21.3 Å². The molecule has 0 bridgehead atoms. The maximum Gasteiger partial charge on any atom is 0.0886 e. The molecule has 0 unspecified atom stereocenters. The Labute approximate surface area is 194 Å². The highest BCUT2D eigenvalue weighted by Gasteiger charge is 2.31. The summed E-state index contributed by atoms with van der Waals surface area (Å²) in [5, 5.41) is 1.79. The van der Waals surface area contributed by atoms with Gasteiger partial charge in [-0.15, -0.1) is 0 Å². The second kappa shape index (κ2) is 8.54. The molecule has 1 aliphatic rings. The number of hydrogen-bond acceptors (Lipinski definition) is 2. The Kier molecular flexibility index (Phi) is 5.58. The lowest BCUT2D eigenvalue weighted by Gasteiger charge is -2.30. The first-order valence-electron chi connectivity index (χ1n) is 11.1. The number of aryl methyl sites for hydroxylation is 1. The Balaban J connectivity index is 1.39. The summed E-state index contributed by atoms with van der Waals surface area (Å²) in [5.41, 5.74) is 6.53. The molecule has 0 spiro atoms. The van der Waals surface area contributed by atoms with Crippen molar-refractivity contribution in [2.75, 3.05) is 0 Å². The highest BCUT2D eigenvalue weighted by molar-refractivity contribution is 6.31. The lowest BCUT2D eigenvalue weighted by Crippen LogP contribution is -2.23. The van der Waals surface area contributed by atoms with Crippen molar-refractivity contribution in [2.45, 2.75) is 38.4 Å². The van der Waals surface area contributed by atoms with Crippen LogP contribution in [0.4, 0.5) is 0 Å². The predicted molar refractivity (Wildman–Crippen MR) is 134 cm³/mol. The molecule has 1 aliphatic heterocycles. The highest BCUT2D eigenvalue weighted by Crippen LogP contribution is 2.39. The summed E-state index contributed by atoms with van der Waals surface area (Å²) in [6.45, 7) is 4.34. The Morgan fingerprint density at radius 2 is 1.78 bits per heavy atom. The van der Waals surface area contributed by atoms with E-state index < -0.39 is 0 Å². The molecule has 0 saturated heterocycles. The molecule has 0 fully saturated rings. The van der Waals surface area contributed by atoms with Crippen LogP contribution in [0.15, 0.2) is 78.9 Å². The average Bonchev–Trinajstić information content (AvgIpc) is 2.93. The average molecular weight is 440 g/mol. The van der Waals surface area contributed by atoms with Crippen molar-refractivity contribution in [2.24, 2.45) is 0 Å². The summed E-state index contributed by atoms with van der Waals surface area (Å²) in [4.78, 5) is 4.72. The van der Waals surface area contributed by atoms with Crippen LogP contribution in [0.2, 0.25) is 5.02 Å². The molecule has 2 heterocycles. The van der Waals surface area contributed by atoms with Gasteiger partial charge in [0.05, 0.1) is 22.9 Å². The van der Waals surface area contributed by atoms with E-state index in [1.54, 1.807) is 0 Å². The van der Waals surface area contributed by atoms with Gasteiger partial charge in [0, 0.05) is 10.4 Å². The number of fused-ring (bicyclic) bond motifs is 2. The van der Waals surface area contributed by atoms with Crippen LogP contribution in [0.5, 0.6) is 0 Å². The van der Waals surface area contributed by atoms with Crippen molar-refractivity contribution >= 4 is 34.7 Å². The molecular weight excluding hydrogens is 414 g/mol. The van der Waals surface area contributed by atoms with Crippen LogP contribution in [-0.2, 0) is 16.8 Å². The maximum absolute atomic E-state index is 6.64. The first-order chi connectivity index (χ1) is 15.5. The second-order valence-electron chi connectivity index (χ2n) is 8.89. The topological polar surface area (TPSA) is 22.1 Å². The molecule has 160 valence electrons. The third-order valence-corrected chi connectivity index (χ3v) is 6.42. The number of pyridine rings is 1. The van der Waals surface area contributed by atoms with Gasteiger partial charge in [-0.1, -0.05) is 72.3 Å². The normalized spacial score (nSPS) is 17.9. The molecule has 0 radical (unpaired) electrons. The van der Waals surface area contributed by atoms with Crippen molar-refractivity contribution in [3.63, 3.8) is 0 Å². The SMILES string of the molecule is CC1(C)O[C@H](c2cccc(/C=C/c3ccc4ccc(Cl)cc4n3)c2)CCc2ccccc21. The van der Waals surface area contributed by atoms with Gasteiger partial charge in [0.1, 0.15) is 0 Å². The molecule has 3 heteroatoms. The van der Waals surface area contributed by atoms with Crippen LogP contribution in [0.25, 0.3) is 23.1 Å². The first-order valence-corrected chi connectivity index (χ1v) is 11.5. The summed E-state index contributed by atoms with van der Waals surface area (Å²) in [5.74, 6) is 0. The Hall–Kier alpha value is -2.94. The van der Waals surface area contributed by atoms with Crippen LogP contribution in [0.3, 0.4) is 0 Å². The van der Waals surface area contributed by atoms with E-state index in [0.717, 1.165) is 35.0 Å². The first kappa shape index (κ1) is 20.9. The lowest BCUT2D eigenvalue weighted by molar-refractivity contribution is -0.0766. The molecule has 3 aromatic carbocycles. The highest BCUT2D eigenvalue weighted by atomic mass is 35.5. The number of ether oxygens (including phenoxy) is 1. The van der Waals surface area contributed by atoms with Crippen molar-refractivity contribution in [3.8, 4) is 0 Å². The fourth-order valence-corrected chi connectivity index (χ4v) is 4.73. The molecule has 32 heavy (non-hydrogen) atoms. The summed E-state index contributed by atoms with van der Waals surface area (Å²) >= 11 is 6.13. The van der Waals surface area contributed by atoms with Crippen LogP contribution in [-0.4, -0.2) is 4.98 Å². The largest absolute Gasteiger partial charge is 0.363 e. The summed E-state index contributed by atoms with van der Waals surface area (Å²) in [6, 6.07) is 27.2. The second-order valence-corrected chi connectivity index (χ2v) is 9.33. The fourth-order valence-electron chi connectivity index (χ4n) is 4.57. The van der Waals surface area contributed by atoms with Crippen LogP contribution < -0.4 is 0 Å². The molecule has 2 nitrogen and oxygen atoms in total. The summed E-state index contributed by atoms with van der Waals surface area (Å²) < 4.78 is 6.64. The van der Waals surface area contributed by atoms with Crippen molar-refractivity contribution in [1.82, 2.24) is 4.98 Å². The lowest BCUT2D eigenvalue weighted by atomic mass is 9.92. The number of nitrogens with zero attached hydrogens (tertiary/aromatic N) is 1. The summed E-state index contributed by atoms with van der Waals surface area (Å²) in [6.07, 6.45) is 6.22. The van der Waals surface area contributed by atoms with E-state index in [-0.39, 0.29) is 11.7 Å². The number of rotatable bonds is 3. The van der Waals surface area contributed by atoms with Crippen LogP contribution in [0, 0.1) is 0 Å². The molecule has 0 saturated carbocycles. The van der Waals surface area contributed by atoms with Gasteiger partial charge in [-0.25, -0.2) is 4.98 Å². The molecular formula is C29H26ClNO. The van der Waals surface area contributed by atoms with Gasteiger partial charge in [-0.2, -0.15) is 0 Å². The zero-order valence-electron chi connectivity index (χ0n) is 18.4. The predicted octanol–water partition coefficient (Wildman–Crippen LogP) is 8.00. The van der Waals surface area contributed by atoms with Gasteiger partial charge < -0.3 is 4.74 Å². The van der Waals surface area contributed by atoms with E-state index in [1.165, 1.54) is 16.7 Å². The van der Waals surface area contributed by atoms with Gasteiger partial charge in [-0.3, -0.25) is 0 Å². The Bertz CT molecular complexity index is 1310. The van der Waals surface area contributed by atoms with Crippen molar-refractivity contribution in [1.29, 1.82) is 0 Å². The quantitative estimate of drug-likeness (QED) is 0.322. The standard InChI is InChI=1S/C29H26ClNO/c1-29(2)26-9-4-3-7-21(26)13-17-28(32-29)23-8-5-6-20(18-23)10-15-25-16-12-22-11-14-24(30)19-27(22)31-25/h3-12,14-16,18-19,28H,13,17H2,1-2H3/b15-10+/t28-/m0/s1. The van der Waals surface area contributed by atoms with Crippen LogP contribution >= 0.6 is 11.6 Å². The van der Waals surface area contributed by atoms with E-state index in [9.17, 15) is 0 Å². The van der Waals surface area contributed by atoms with E-state index in [1.807, 2.05) is 30.3 Å². The number of halogens is 1. The van der Waals surface area contributed by atoms with Gasteiger partial charge in [0.15, 0.2) is 0 Å². The third kappa shape index (κ3) is 4.34. The van der Waals surface area contributed by atoms with Crippen LogP contribution in [0.1, 0.15) is 54.3 Å². The van der Waals surface area contributed by atoms with Gasteiger partial charge in [0.2, 0.25) is 0 Å². The fraction of sp³-hybridized carbons (Fsp3) is 0.207. The van der Waals surface area contributed by atoms with Gasteiger partial charge in [-0.05, 0) is 79.3 Å².